The van der Waals surface area contributed by atoms with Gasteiger partial charge in [0.05, 0.1) is 6.61 Å². The smallest absolute Gasteiger partial charge is 0.0558 e. The minimum absolute atomic E-state index is 0.206. The van der Waals surface area contributed by atoms with E-state index in [1.54, 1.807) is 0 Å². The van der Waals surface area contributed by atoms with Gasteiger partial charge in [0, 0.05) is 24.9 Å². The molecule has 3 heteroatoms. The zero-order valence-electron chi connectivity index (χ0n) is 7.95. The van der Waals surface area contributed by atoms with E-state index in [2.05, 4.69) is 38.0 Å². The van der Waals surface area contributed by atoms with Gasteiger partial charge in [0.15, 0.2) is 0 Å². The molecule has 0 aliphatic rings. The summed E-state index contributed by atoms with van der Waals surface area (Å²) >= 11 is 4.14. The summed E-state index contributed by atoms with van der Waals surface area (Å²) in [4.78, 5) is 2.18. The molecule has 0 bridgehead atoms. The SMILES string of the molecule is C=C(CS)CN(CCO)C(C)C. The van der Waals surface area contributed by atoms with Crippen molar-refractivity contribution in [2.24, 2.45) is 0 Å². The molecular weight excluding hydrogens is 170 g/mol. The topological polar surface area (TPSA) is 23.5 Å². The van der Waals surface area contributed by atoms with Crippen molar-refractivity contribution in [3.05, 3.63) is 12.2 Å². The highest BCUT2D eigenvalue weighted by atomic mass is 32.1. The van der Waals surface area contributed by atoms with Gasteiger partial charge in [-0.25, -0.2) is 0 Å². The monoisotopic (exact) mass is 189 g/mol. The van der Waals surface area contributed by atoms with Gasteiger partial charge in [-0.3, -0.25) is 4.90 Å². The third kappa shape index (κ3) is 4.80. The van der Waals surface area contributed by atoms with Crippen LogP contribution >= 0.6 is 12.6 Å². The third-order valence-corrected chi connectivity index (χ3v) is 2.22. The molecule has 12 heavy (non-hydrogen) atoms. The van der Waals surface area contributed by atoms with Gasteiger partial charge in [-0.1, -0.05) is 12.2 Å². The maximum absolute atomic E-state index is 8.78. The maximum atomic E-state index is 8.78. The van der Waals surface area contributed by atoms with Crippen LogP contribution in [0.4, 0.5) is 0 Å². The van der Waals surface area contributed by atoms with Crippen LogP contribution in [0.25, 0.3) is 0 Å². The Morgan fingerprint density at radius 2 is 2.17 bits per heavy atom. The zero-order chi connectivity index (χ0) is 9.56. The molecule has 0 aromatic carbocycles. The average molecular weight is 189 g/mol. The molecule has 1 N–H and O–H groups in total. The Bertz CT molecular complexity index is 136. The summed E-state index contributed by atoms with van der Waals surface area (Å²) in [6, 6.07) is 0.453. The van der Waals surface area contributed by atoms with Crippen LogP contribution in [0.15, 0.2) is 12.2 Å². The quantitative estimate of drug-likeness (QED) is 0.484. The zero-order valence-corrected chi connectivity index (χ0v) is 8.85. The van der Waals surface area contributed by atoms with E-state index in [1.165, 1.54) is 0 Å². The largest absolute Gasteiger partial charge is 0.395 e. The molecule has 0 spiro atoms. The molecule has 0 aromatic heterocycles. The van der Waals surface area contributed by atoms with Crippen molar-refractivity contribution < 1.29 is 5.11 Å². The molecule has 0 saturated heterocycles. The van der Waals surface area contributed by atoms with Crippen LogP contribution < -0.4 is 0 Å². The van der Waals surface area contributed by atoms with Crippen LogP contribution in [0.3, 0.4) is 0 Å². The van der Waals surface area contributed by atoms with E-state index in [0.717, 1.165) is 12.1 Å². The lowest BCUT2D eigenvalue weighted by Crippen LogP contribution is -2.35. The van der Waals surface area contributed by atoms with Gasteiger partial charge >= 0.3 is 0 Å². The van der Waals surface area contributed by atoms with Gasteiger partial charge in [-0.05, 0) is 13.8 Å². The van der Waals surface area contributed by atoms with Crippen molar-refractivity contribution in [1.82, 2.24) is 4.90 Å². The van der Waals surface area contributed by atoms with Gasteiger partial charge in [-0.15, -0.1) is 0 Å². The van der Waals surface area contributed by atoms with Crippen molar-refractivity contribution in [2.45, 2.75) is 19.9 Å². The van der Waals surface area contributed by atoms with Gasteiger partial charge in [0.1, 0.15) is 0 Å². The maximum Gasteiger partial charge on any atom is 0.0558 e. The molecule has 0 aliphatic carbocycles. The first-order valence-corrected chi connectivity index (χ1v) is 4.87. The number of rotatable bonds is 6. The minimum Gasteiger partial charge on any atom is -0.395 e. The molecule has 0 aliphatic heterocycles. The number of aliphatic hydroxyl groups is 1. The Hall–Kier alpha value is 0.01000. The van der Waals surface area contributed by atoms with Crippen molar-refractivity contribution >= 4 is 12.6 Å². The second-order valence-corrected chi connectivity index (χ2v) is 3.51. The number of hydrogen-bond donors (Lipinski definition) is 2. The van der Waals surface area contributed by atoms with Crippen LogP contribution in [0.5, 0.6) is 0 Å². The van der Waals surface area contributed by atoms with Crippen molar-refractivity contribution in [3.8, 4) is 0 Å². The molecule has 0 heterocycles. The van der Waals surface area contributed by atoms with Crippen LogP contribution in [0, 0.1) is 0 Å². The second-order valence-electron chi connectivity index (χ2n) is 3.20. The molecule has 0 radical (unpaired) electrons. The molecule has 0 fully saturated rings. The van der Waals surface area contributed by atoms with E-state index in [9.17, 15) is 0 Å². The predicted molar refractivity (Wildman–Crippen MR) is 56.8 cm³/mol. The van der Waals surface area contributed by atoms with Crippen molar-refractivity contribution in [3.63, 3.8) is 0 Å². The number of aliphatic hydroxyl groups excluding tert-OH is 1. The summed E-state index contributed by atoms with van der Waals surface area (Å²) in [5.41, 5.74) is 1.10. The molecule has 0 amide bonds. The van der Waals surface area contributed by atoms with Crippen molar-refractivity contribution in [1.29, 1.82) is 0 Å². The highest BCUT2D eigenvalue weighted by molar-refractivity contribution is 7.80. The molecule has 0 rings (SSSR count). The minimum atomic E-state index is 0.206. The molecule has 2 nitrogen and oxygen atoms in total. The van der Waals surface area contributed by atoms with E-state index >= 15 is 0 Å². The Balaban J connectivity index is 3.86. The average Bonchev–Trinajstić information content (AvgIpc) is 2.03. The van der Waals surface area contributed by atoms with Crippen LogP contribution in [-0.4, -0.2) is 41.5 Å². The normalized spacial score (nSPS) is 11.2. The lowest BCUT2D eigenvalue weighted by atomic mass is 10.2. The molecule has 72 valence electrons. The van der Waals surface area contributed by atoms with Crippen molar-refractivity contribution in [2.75, 3.05) is 25.4 Å². The van der Waals surface area contributed by atoms with E-state index < -0.39 is 0 Å². The molecule has 0 atom stereocenters. The fourth-order valence-electron chi connectivity index (χ4n) is 0.985. The second kappa shape index (κ2) is 6.52. The van der Waals surface area contributed by atoms with E-state index in [1.807, 2.05) is 0 Å². The fourth-order valence-corrected chi connectivity index (χ4v) is 1.09. The fraction of sp³-hybridized carbons (Fsp3) is 0.778. The summed E-state index contributed by atoms with van der Waals surface area (Å²) in [6.45, 7) is 9.86. The lowest BCUT2D eigenvalue weighted by molar-refractivity contribution is 0.177. The first kappa shape index (κ1) is 12.0. The Morgan fingerprint density at radius 3 is 2.50 bits per heavy atom. The van der Waals surface area contributed by atoms with Crippen LogP contribution in [-0.2, 0) is 0 Å². The van der Waals surface area contributed by atoms with Gasteiger partial charge in [0.25, 0.3) is 0 Å². The van der Waals surface area contributed by atoms with E-state index in [-0.39, 0.29) is 6.61 Å². The number of nitrogens with zero attached hydrogens (tertiary/aromatic N) is 1. The standard InChI is InChI=1S/C9H19NOS/c1-8(2)10(4-5-11)6-9(3)7-12/h8,11-12H,3-7H2,1-2H3. The summed E-state index contributed by atoms with van der Waals surface area (Å²) in [5.74, 6) is 0.717. The first-order valence-electron chi connectivity index (χ1n) is 4.24. The highest BCUT2D eigenvalue weighted by Gasteiger charge is 2.08. The van der Waals surface area contributed by atoms with Crippen LogP contribution in [0.1, 0.15) is 13.8 Å². The Labute approximate surface area is 80.7 Å². The molecule has 0 unspecified atom stereocenters. The molecular formula is C9H19NOS. The number of thiol groups is 1. The summed E-state index contributed by atoms with van der Waals surface area (Å²) < 4.78 is 0. The third-order valence-electron chi connectivity index (χ3n) is 1.77. The Morgan fingerprint density at radius 1 is 1.58 bits per heavy atom. The van der Waals surface area contributed by atoms with Gasteiger partial charge in [-0.2, -0.15) is 12.6 Å². The summed E-state index contributed by atoms with van der Waals surface area (Å²) in [7, 11) is 0. The lowest BCUT2D eigenvalue weighted by Gasteiger charge is -2.25. The predicted octanol–water partition coefficient (Wildman–Crippen LogP) is 1.18. The van der Waals surface area contributed by atoms with Gasteiger partial charge in [0.2, 0.25) is 0 Å². The number of hydrogen-bond acceptors (Lipinski definition) is 3. The molecule has 0 saturated carbocycles. The Kier molecular flexibility index (Phi) is 6.52. The van der Waals surface area contributed by atoms with E-state index in [4.69, 9.17) is 5.11 Å². The summed E-state index contributed by atoms with van der Waals surface area (Å²) in [6.07, 6.45) is 0. The summed E-state index contributed by atoms with van der Waals surface area (Å²) in [5, 5.41) is 8.78. The van der Waals surface area contributed by atoms with E-state index in [0.29, 0.717) is 18.3 Å². The van der Waals surface area contributed by atoms with Gasteiger partial charge < -0.3 is 5.11 Å². The first-order chi connectivity index (χ1) is 5.61. The molecule has 0 aromatic rings. The van der Waals surface area contributed by atoms with Crippen LogP contribution in [0.2, 0.25) is 0 Å². The highest BCUT2D eigenvalue weighted by Crippen LogP contribution is 2.03.